The predicted octanol–water partition coefficient (Wildman–Crippen LogP) is 3.28. The molecule has 0 heterocycles. The summed E-state index contributed by atoms with van der Waals surface area (Å²) in [5.74, 6) is -0.325. The van der Waals surface area contributed by atoms with Crippen molar-refractivity contribution in [1.29, 1.82) is 0 Å². The van der Waals surface area contributed by atoms with Crippen molar-refractivity contribution in [2.45, 2.75) is 26.7 Å². The first-order chi connectivity index (χ1) is 12.0. The average molecular weight is 339 g/mol. The smallest absolute Gasteiger partial charge is 0.271 e. The Kier molecular flexibility index (Phi) is 6.28. The van der Waals surface area contributed by atoms with Crippen molar-refractivity contribution in [3.63, 3.8) is 0 Å². The zero-order valence-electron chi connectivity index (χ0n) is 14.2. The lowest BCUT2D eigenvalue weighted by Gasteiger charge is -2.06. The van der Waals surface area contributed by atoms with E-state index in [4.69, 9.17) is 0 Å². The van der Waals surface area contributed by atoms with Crippen molar-refractivity contribution in [2.75, 3.05) is 5.32 Å². The molecule has 6 heteroatoms. The Morgan fingerprint density at radius 1 is 1.08 bits per heavy atom. The maximum atomic E-state index is 12.1. The summed E-state index contributed by atoms with van der Waals surface area (Å²) in [7, 11) is 0. The molecule has 2 aromatic carbocycles. The molecule has 0 saturated heterocycles. The van der Waals surface area contributed by atoms with Gasteiger partial charge in [0, 0.05) is 23.2 Å². The molecule has 0 saturated carbocycles. The monoisotopic (exact) mass is 339 g/mol. The summed E-state index contributed by atoms with van der Waals surface area (Å²) < 4.78 is 0. The highest BCUT2D eigenvalue weighted by Gasteiger charge is 2.07. The van der Waals surface area contributed by atoms with Gasteiger partial charge in [0.1, 0.15) is 5.75 Å². The lowest BCUT2D eigenvalue weighted by molar-refractivity contribution is -0.116. The van der Waals surface area contributed by atoms with Gasteiger partial charge < -0.3 is 10.4 Å². The van der Waals surface area contributed by atoms with E-state index in [0.29, 0.717) is 28.9 Å². The Morgan fingerprint density at radius 3 is 2.40 bits per heavy atom. The number of hydrogen-bond acceptors (Lipinski definition) is 4. The Morgan fingerprint density at radius 2 is 1.76 bits per heavy atom. The molecule has 0 spiro atoms. The number of hydrazone groups is 1. The van der Waals surface area contributed by atoms with E-state index in [9.17, 15) is 14.7 Å². The second-order valence-corrected chi connectivity index (χ2v) is 5.53. The Hall–Kier alpha value is -3.15. The molecular weight excluding hydrogens is 318 g/mol. The Bertz CT molecular complexity index is 783. The molecule has 0 aliphatic heterocycles. The molecule has 0 unspecified atom stereocenters. The number of phenolic OH excluding ortho intramolecular Hbond substituents is 1. The largest absolute Gasteiger partial charge is 0.507 e. The van der Waals surface area contributed by atoms with Gasteiger partial charge in [-0.2, -0.15) is 5.10 Å². The number of amides is 2. The van der Waals surface area contributed by atoms with Crippen LogP contribution in [-0.4, -0.2) is 22.6 Å². The second kappa shape index (κ2) is 8.63. The van der Waals surface area contributed by atoms with Crippen LogP contribution in [0.5, 0.6) is 5.75 Å². The third-order valence-corrected chi connectivity index (χ3v) is 3.53. The number of nitrogens with one attached hydrogen (secondary N) is 2. The van der Waals surface area contributed by atoms with E-state index in [1.807, 2.05) is 6.92 Å². The van der Waals surface area contributed by atoms with Gasteiger partial charge in [0.15, 0.2) is 0 Å². The minimum atomic E-state index is -0.374. The second-order valence-electron chi connectivity index (χ2n) is 5.53. The van der Waals surface area contributed by atoms with E-state index < -0.39 is 0 Å². The molecule has 2 aromatic rings. The van der Waals surface area contributed by atoms with Gasteiger partial charge in [-0.05, 0) is 49.7 Å². The van der Waals surface area contributed by atoms with Crippen molar-refractivity contribution in [3.8, 4) is 5.75 Å². The minimum absolute atomic E-state index is 0.0532. The van der Waals surface area contributed by atoms with Crippen LogP contribution in [0.1, 0.15) is 42.6 Å². The van der Waals surface area contributed by atoms with E-state index in [-0.39, 0.29) is 17.6 Å². The van der Waals surface area contributed by atoms with E-state index in [2.05, 4.69) is 15.8 Å². The minimum Gasteiger partial charge on any atom is -0.507 e. The number of benzene rings is 2. The summed E-state index contributed by atoms with van der Waals surface area (Å²) in [5.41, 5.74) is 4.56. The topological polar surface area (TPSA) is 90.8 Å². The number of hydrogen-bond donors (Lipinski definition) is 3. The van der Waals surface area contributed by atoms with Gasteiger partial charge in [-0.25, -0.2) is 5.43 Å². The first kappa shape index (κ1) is 18.2. The van der Waals surface area contributed by atoms with Crippen LogP contribution in [0.4, 0.5) is 5.69 Å². The first-order valence-electron chi connectivity index (χ1n) is 8.04. The van der Waals surface area contributed by atoms with Gasteiger partial charge >= 0.3 is 0 Å². The number of anilines is 1. The first-order valence-corrected chi connectivity index (χ1v) is 8.04. The summed E-state index contributed by atoms with van der Waals surface area (Å²) in [6, 6.07) is 13.3. The summed E-state index contributed by atoms with van der Waals surface area (Å²) in [4.78, 5) is 23.7. The van der Waals surface area contributed by atoms with Gasteiger partial charge in [-0.1, -0.05) is 19.1 Å². The maximum absolute atomic E-state index is 12.1. The summed E-state index contributed by atoms with van der Waals surface area (Å²) in [5, 5.41) is 16.6. The van der Waals surface area contributed by atoms with Crippen molar-refractivity contribution < 1.29 is 14.7 Å². The Labute approximate surface area is 146 Å². The summed E-state index contributed by atoms with van der Waals surface area (Å²) >= 11 is 0. The highest BCUT2D eigenvalue weighted by atomic mass is 16.3. The number of carbonyl (C=O) groups excluding carboxylic acids is 2. The number of nitrogens with zero attached hydrogens (tertiary/aromatic N) is 1. The third-order valence-electron chi connectivity index (χ3n) is 3.53. The SMILES string of the molecule is CCCC(=O)Nc1ccc(C(=O)NN=C(C)c2ccccc2O)cc1. The highest BCUT2D eigenvalue weighted by Crippen LogP contribution is 2.16. The molecule has 0 atom stereocenters. The van der Waals surface area contributed by atoms with E-state index in [1.54, 1.807) is 55.5 Å². The fourth-order valence-electron chi connectivity index (χ4n) is 2.19. The molecule has 2 amide bonds. The van der Waals surface area contributed by atoms with Crippen molar-refractivity contribution >= 4 is 23.2 Å². The van der Waals surface area contributed by atoms with E-state index in [1.165, 1.54) is 0 Å². The van der Waals surface area contributed by atoms with E-state index >= 15 is 0 Å². The molecule has 25 heavy (non-hydrogen) atoms. The maximum Gasteiger partial charge on any atom is 0.271 e. The molecule has 0 radical (unpaired) electrons. The highest BCUT2D eigenvalue weighted by molar-refractivity contribution is 6.02. The van der Waals surface area contributed by atoms with Crippen LogP contribution in [0, 0.1) is 0 Å². The zero-order chi connectivity index (χ0) is 18.2. The van der Waals surface area contributed by atoms with Crippen LogP contribution in [0.2, 0.25) is 0 Å². The van der Waals surface area contributed by atoms with Gasteiger partial charge in [0.05, 0.1) is 5.71 Å². The van der Waals surface area contributed by atoms with Gasteiger partial charge in [-0.3, -0.25) is 9.59 Å². The molecule has 3 N–H and O–H groups in total. The fraction of sp³-hybridized carbons (Fsp3) is 0.211. The van der Waals surface area contributed by atoms with Gasteiger partial charge in [0.25, 0.3) is 5.91 Å². The Balaban J connectivity index is 2.00. The fourth-order valence-corrected chi connectivity index (χ4v) is 2.19. The quantitative estimate of drug-likeness (QED) is 0.557. The molecule has 0 aliphatic carbocycles. The lowest BCUT2D eigenvalue weighted by Crippen LogP contribution is -2.19. The predicted molar refractivity (Wildman–Crippen MR) is 97.8 cm³/mol. The molecule has 0 aromatic heterocycles. The molecule has 2 rings (SSSR count). The molecule has 130 valence electrons. The number of aromatic hydroxyl groups is 1. The van der Waals surface area contributed by atoms with Crippen molar-refractivity contribution in [1.82, 2.24) is 5.43 Å². The number of rotatable bonds is 6. The molecule has 6 nitrogen and oxygen atoms in total. The standard InChI is InChI=1S/C19H21N3O3/c1-3-6-18(24)20-15-11-9-14(10-12-15)19(25)22-21-13(2)16-7-4-5-8-17(16)23/h4-5,7-12,23H,3,6H2,1-2H3,(H,20,24)(H,22,25). The van der Waals surface area contributed by atoms with Gasteiger partial charge in [-0.15, -0.1) is 0 Å². The summed E-state index contributed by atoms with van der Waals surface area (Å²) in [6.45, 7) is 3.63. The van der Waals surface area contributed by atoms with Crippen molar-refractivity contribution in [2.24, 2.45) is 5.10 Å². The molecule has 0 fully saturated rings. The van der Waals surface area contributed by atoms with Crippen LogP contribution in [-0.2, 0) is 4.79 Å². The van der Waals surface area contributed by atoms with Crippen LogP contribution in [0.15, 0.2) is 53.6 Å². The normalized spacial score (nSPS) is 11.0. The molecular formula is C19H21N3O3. The molecule has 0 aliphatic rings. The van der Waals surface area contributed by atoms with Crippen LogP contribution in [0.3, 0.4) is 0 Å². The zero-order valence-corrected chi connectivity index (χ0v) is 14.2. The number of phenols is 1. The number of carbonyl (C=O) groups is 2. The molecule has 0 bridgehead atoms. The third kappa shape index (κ3) is 5.17. The van der Waals surface area contributed by atoms with Crippen molar-refractivity contribution in [3.05, 3.63) is 59.7 Å². The lowest BCUT2D eigenvalue weighted by atomic mass is 10.1. The van der Waals surface area contributed by atoms with Crippen LogP contribution < -0.4 is 10.7 Å². The average Bonchev–Trinajstić information content (AvgIpc) is 2.60. The van der Waals surface area contributed by atoms with Crippen LogP contribution >= 0.6 is 0 Å². The summed E-state index contributed by atoms with van der Waals surface area (Å²) in [6.07, 6.45) is 1.24. The van der Waals surface area contributed by atoms with E-state index in [0.717, 1.165) is 6.42 Å². The number of para-hydroxylation sites is 1. The van der Waals surface area contributed by atoms with Crippen LogP contribution in [0.25, 0.3) is 0 Å². The van der Waals surface area contributed by atoms with Gasteiger partial charge in [0.2, 0.25) is 5.91 Å².